The highest BCUT2D eigenvalue weighted by Crippen LogP contribution is 2.14. The Morgan fingerprint density at radius 3 is 1.38 bits per heavy atom. The van der Waals surface area contributed by atoms with Crippen LogP contribution in [0.15, 0.2) is 24.3 Å². The maximum absolute atomic E-state index is 12.4. The van der Waals surface area contributed by atoms with Crippen LogP contribution in [0.2, 0.25) is 0 Å². The maximum Gasteiger partial charge on any atom is 0.339 e. The number of hydrogen-bond donors (Lipinski definition) is 0. The third kappa shape index (κ3) is 14.2. The second-order valence-electron chi connectivity index (χ2n) is 9.10. The summed E-state index contributed by atoms with van der Waals surface area (Å²) in [6.45, 7) is 5.17. The SMILES string of the molecule is CCCCCCCCOC(=O)c1ccccc1C(=O)OCCCCCCCC.O=C1CCCC1. The van der Waals surface area contributed by atoms with Gasteiger partial charge in [0.05, 0.1) is 24.3 Å². The van der Waals surface area contributed by atoms with Crippen LogP contribution in [0.3, 0.4) is 0 Å². The summed E-state index contributed by atoms with van der Waals surface area (Å²) in [5.41, 5.74) is 0.586. The minimum atomic E-state index is -0.444. The molecule has 1 fully saturated rings. The summed E-state index contributed by atoms with van der Waals surface area (Å²) in [7, 11) is 0. The van der Waals surface area contributed by atoms with Crippen LogP contribution in [-0.2, 0) is 14.3 Å². The van der Waals surface area contributed by atoms with Crippen LogP contribution in [0.25, 0.3) is 0 Å². The zero-order chi connectivity index (χ0) is 24.9. The van der Waals surface area contributed by atoms with Gasteiger partial charge in [-0.2, -0.15) is 0 Å². The lowest BCUT2D eigenvalue weighted by atomic mass is 10.1. The molecule has 0 aliphatic heterocycles. The summed E-state index contributed by atoms with van der Waals surface area (Å²) in [6, 6.07) is 6.74. The molecule has 34 heavy (non-hydrogen) atoms. The molecule has 192 valence electrons. The highest BCUT2D eigenvalue weighted by atomic mass is 16.5. The van der Waals surface area contributed by atoms with E-state index in [-0.39, 0.29) is 0 Å². The van der Waals surface area contributed by atoms with Gasteiger partial charge in [-0.3, -0.25) is 4.79 Å². The molecule has 5 nitrogen and oxygen atoms in total. The Morgan fingerprint density at radius 2 is 1.03 bits per heavy atom. The number of carbonyl (C=O) groups is 3. The molecule has 2 rings (SSSR count). The molecular formula is C29H46O5. The van der Waals surface area contributed by atoms with Crippen molar-refractivity contribution in [3.05, 3.63) is 35.4 Å². The minimum absolute atomic E-state index is 0.293. The highest BCUT2D eigenvalue weighted by molar-refractivity contribution is 6.03. The largest absolute Gasteiger partial charge is 0.462 e. The van der Waals surface area contributed by atoms with Crippen LogP contribution in [0.5, 0.6) is 0 Å². The Kier molecular flexibility index (Phi) is 17.8. The van der Waals surface area contributed by atoms with Crippen molar-refractivity contribution in [2.24, 2.45) is 0 Å². The molecular weight excluding hydrogens is 428 g/mol. The van der Waals surface area contributed by atoms with Gasteiger partial charge in [-0.1, -0.05) is 90.2 Å². The smallest absolute Gasteiger partial charge is 0.339 e. The molecule has 0 atom stereocenters. The van der Waals surface area contributed by atoms with Gasteiger partial charge < -0.3 is 9.47 Å². The van der Waals surface area contributed by atoms with Crippen molar-refractivity contribution in [2.75, 3.05) is 13.2 Å². The third-order valence-electron chi connectivity index (χ3n) is 5.99. The first-order chi connectivity index (χ1) is 16.6. The first kappa shape index (κ1) is 29.9. The predicted octanol–water partition coefficient (Wildman–Crippen LogP) is 7.85. The summed E-state index contributed by atoms with van der Waals surface area (Å²) in [5, 5.41) is 0. The van der Waals surface area contributed by atoms with Crippen molar-refractivity contribution >= 4 is 17.7 Å². The van der Waals surface area contributed by atoms with Crippen LogP contribution >= 0.6 is 0 Å². The number of unbranched alkanes of at least 4 members (excludes halogenated alkanes) is 10. The molecule has 0 unspecified atom stereocenters. The Labute approximate surface area is 207 Å². The molecule has 0 N–H and O–H groups in total. The molecule has 0 spiro atoms. The van der Waals surface area contributed by atoms with E-state index in [2.05, 4.69) is 13.8 Å². The molecule has 0 heterocycles. The first-order valence-electron chi connectivity index (χ1n) is 13.5. The molecule has 1 saturated carbocycles. The average molecular weight is 475 g/mol. The van der Waals surface area contributed by atoms with Crippen LogP contribution in [0.4, 0.5) is 0 Å². The third-order valence-corrected chi connectivity index (χ3v) is 5.99. The van der Waals surface area contributed by atoms with Gasteiger partial charge >= 0.3 is 11.9 Å². The van der Waals surface area contributed by atoms with Gasteiger partial charge in [0.25, 0.3) is 0 Å². The Bertz CT molecular complexity index is 641. The zero-order valence-corrected chi connectivity index (χ0v) is 21.6. The average Bonchev–Trinajstić information content (AvgIpc) is 3.34. The summed E-state index contributed by atoms with van der Waals surface area (Å²) < 4.78 is 10.7. The van der Waals surface area contributed by atoms with E-state index in [4.69, 9.17) is 9.47 Å². The van der Waals surface area contributed by atoms with E-state index in [0.29, 0.717) is 30.1 Å². The van der Waals surface area contributed by atoms with E-state index >= 15 is 0 Å². The molecule has 0 amide bonds. The molecule has 1 aliphatic carbocycles. The fraction of sp³-hybridized carbons (Fsp3) is 0.690. The normalized spacial score (nSPS) is 12.7. The highest BCUT2D eigenvalue weighted by Gasteiger charge is 2.18. The quantitative estimate of drug-likeness (QED) is 0.180. The van der Waals surface area contributed by atoms with Crippen LogP contribution in [0.1, 0.15) is 137 Å². The van der Waals surface area contributed by atoms with Crippen molar-refractivity contribution in [1.29, 1.82) is 0 Å². The number of esters is 2. The molecule has 0 bridgehead atoms. The maximum atomic E-state index is 12.4. The van der Waals surface area contributed by atoms with Gasteiger partial charge in [0.2, 0.25) is 0 Å². The number of hydrogen-bond acceptors (Lipinski definition) is 5. The molecule has 1 aromatic rings. The van der Waals surface area contributed by atoms with Crippen molar-refractivity contribution in [2.45, 2.75) is 117 Å². The van der Waals surface area contributed by atoms with Gasteiger partial charge in [0.15, 0.2) is 0 Å². The van der Waals surface area contributed by atoms with Gasteiger partial charge in [-0.15, -0.1) is 0 Å². The topological polar surface area (TPSA) is 69.7 Å². The molecule has 0 radical (unpaired) electrons. The predicted molar refractivity (Wildman–Crippen MR) is 137 cm³/mol. The number of benzene rings is 1. The second-order valence-corrected chi connectivity index (χ2v) is 9.10. The fourth-order valence-corrected chi connectivity index (χ4v) is 3.86. The van der Waals surface area contributed by atoms with E-state index in [1.165, 1.54) is 51.4 Å². The summed E-state index contributed by atoms with van der Waals surface area (Å²) in [5.74, 6) is -0.434. The zero-order valence-electron chi connectivity index (χ0n) is 21.6. The molecule has 1 aromatic carbocycles. The van der Waals surface area contributed by atoms with E-state index in [9.17, 15) is 14.4 Å². The molecule has 1 aliphatic rings. The summed E-state index contributed by atoms with van der Waals surface area (Å²) >= 11 is 0. The van der Waals surface area contributed by atoms with Gasteiger partial charge in [0, 0.05) is 12.8 Å². The lowest BCUT2D eigenvalue weighted by molar-refractivity contribution is -0.117. The van der Waals surface area contributed by atoms with Gasteiger partial charge in [-0.05, 0) is 37.8 Å². The van der Waals surface area contributed by atoms with Crippen LogP contribution in [-0.4, -0.2) is 30.9 Å². The number of ether oxygens (including phenoxy) is 2. The molecule has 5 heteroatoms. The lowest BCUT2D eigenvalue weighted by Crippen LogP contribution is -2.15. The second kappa shape index (κ2) is 20.2. The monoisotopic (exact) mass is 474 g/mol. The van der Waals surface area contributed by atoms with Crippen molar-refractivity contribution in [1.82, 2.24) is 0 Å². The van der Waals surface area contributed by atoms with Crippen molar-refractivity contribution in [3.63, 3.8) is 0 Å². The number of carbonyl (C=O) groups excluding carboxylic acids is 3. The summed E-state index contributed by atoms with van der Waals surface area (Å²) in [4.78, 5) is 34.9. The number of Topliss-reactive ketones (excluding diaryl/α,β-unsaturated/α-hetero) is 1. The minimum Gasteiger partial charge on any atom is -0.462 e. The standard InChI is InChI=1S/C24H38O4.C5H8O/c1-3-5-7-9-11-15-19-27-23(25)21-17-13-14-18-22(21)24(26)28-20-16-12-10-8-6-4-2;6-5-3-1-2-4-5/h13-14,17-18H,3-12,15-16,19-20H2,1-2H3;1-4H2. The number of rotatable bonds is 16. The molecule has 0 aromatic heterocycles. The van der Waals surface area contributed by atoms with E-state index in [1.54, 1.807) is 24.3 Å². The Morgan fingerprint density at radius 1 is 0.647 bits per heavy atom. The summed E-state index contributed by atoms with van der Waals surface area (Å²) in [6.07, 6.45) is 17.6. The van der Waals surface area contributed by atoms with E-state index in [1.807, 2.05) is 0 Å². The Hall–Kier alpha value is -2.17. The van der Waals surface area contributed by atoms with E-state index < -0.39 is 11.9 Å². The van der Waals surface area contributed by atoms with Crippen molar-refractivity contribution < 1.29 is 23.9 Å². The first-order valence-corrected chi connectivity index (χ1v) is 13.5. The van der Waals surface area contributed by atoms with Crippen LogP contribution < -0.4 is 0 Å². The van der Waals surface area contributed by atoms with E-state index in [0.717, 1.165) is 51.4 Å². The molecule has 0 saturated heterocycles. The Balaban J connectivity index is 0.000000830. The van der Waals surface area contributed by atoms with Gasteiger partial charge in [-0.25, -0.2) is 9.59 Å². The van der Waals surface area contributed by atoms with Crippen LogP contribution in [0, 0.1) is 0 Å². The fourth-order valence-electron chi connectivity index (χ4n) is 3.86. The van der Waals surface area contributed by atoms with Crippen molar-refractivity contribution in [3.8, 4) is 0 Å². The van der Waals surface area contributed by atoms with Gasteiger partial charge in [0.1, 0.15) is 5.78 Å². The number of ketones is 1. The lowest BCUT2D eigenvalue weighted by Gasteiger charge is -2.10.